The van der Waals surface area contributed by atoms with Crippen LogP contribution in [0.5, 0.6) is 5.75 Å². The molecule has 0 heterocycles. The standard InChI is InChI=1S/C18H22ClNO/c1-14(16-6-3-7-18(13-16)21-2)20-12-4-5-15-8-10-17(19)11-9-15/h3,6-11,13-14,20H,4-5,12H2,1-2H3/t14-/m1/s1. The Morgan fingerprint density at radius 1 is 1.14 bits per heavy atom. The number of methoxy groups -OCH3 is 1. The zero-order valence-corrected chi connectivity index (χ0v) is 13.4. The molecule has 2 aromatic rings. The molecule has 0 unspecified atom stereocenters. The van der Waals surface area contributed by atoms with Gasteiger partial charge in [0.25, 0.3) is 0 Å². The van der Waals surface area contributed by atoms with Crippen LogP contribution in [-0.4, -0.2) is 13.7 Å². The van der Waals surface area contributed by atoms with Crippen LogP contribution in [0.4, 0.5) is 0 Å². The van der Waals surface area contributed by atoms with Crippen molar-refractivity contribution < 1.29 is 4.74 Å². The van der Waals surface area contributed by atoms with Gasteiger partial charge in [0.15, 0.2) is 0 Å². The van der Waals surface area contributed by atoms with Crippen LogP contribution < -0.4 is 10.1 Å². The molecule has 1 N–H and O–H groups in total. The first kappa shape index (κ1) is 15.9. The lowest BCUT2D eigenvalue weighted by Gasteiger charge is -2.15. The first-order valence-corrected chi connectivity index (χ1v) is 7.68. The summed E-state index contributed by atoms with van der Waals surface area (Å²) >= 11 is 5.88. The number of ether oxygens (including phenoxy) is 1. The van der Waals surface area contributed by atoms with E-state index in [4.69, 9.17) is 16.3 Å². The molecule has 0 bridgehead atoms. The van der Waals surface area contributed by atoms with E-state index in [0.717, 1.165) is 30.2 Å². The van der Waals surface area contributed by atoms with Gasteiger partial charge in [0, 0.05) is 11.1 Å². The van der Waals surface area contributed by atoms with Crippen molar-refractivity contribution in [3.63, 3.8) is 0 Å². The fourth-order valence-electron chi connectivity index (χ4n) is 2.29. The first-order chi connectivity index (χ1) is 10.2. The molecule has 0 fully saturated rings. The highest BCUT2D eigenvalue weighted by Gasteiger charge is 2.05. The predicted molar refractivity (Wildman–Crippen MR) is 89.2 cm³/mol. The van der Waals surface area contributed by atoms with E-state index in [-0.39, 0.29) is 0 Å². The molecule has 3 heteroatoms. The summed E-state index contributed by atoms with van der Waals surface area (Å²) < 4.78 is 5.26. The summed E-state index contributed by atoms with van der Waals surface area (Å²) in [6.07, 6.45) is 2.17. The molecule has 0 saturated heterocycles. The van der Waals surface area contributed by atoms with Gasteiger partial charge in [0.2, 0.25) is 0 Å². The highest BCUT2D eigenvalue weighted by atomic mass is 35.5. The van der Waals surface area contributed by atoms with Gasteiger partial charge in [0.1, 0.15) is 5.75 Å². The summed E-state index contributed by atoms with van der Waals surface area (Å²) in [4.78, 5) is 0. The number of aryl methyl sites for hydroxylation is 1. The Hall–Kier alpha value is -1.51. The van der Waals surface area contributed by atoms with Crippen molar-refractivity contribution in [1.82, 2.24) is 5.32 Å². The summed E-state index contributed by atoms with van der Waals surface area (Å²) in [6.45, 7) is 3.16. The minimum Gasteiger partial charge on any atom is -0.497 e. The van der Waals surface area contributed by atoms with Crippen LogP contribution in [0.3, 0.4) is 0 Å². The molecule has 2 nitrogen and oxygen atoms in total. The number of hydrogen-bond donors (Lipinski definition) is 1. The molecular formula is C18H22ClNO. The summed E-state index contributed by atoms with van der Waals surface area (Å²) in [5.41, 5.74) is 2.58. The SMILES string of the molecule is COc1cccc([C@@H](C)NCCCc2ccc(Cl)cc2)c1. The second-order valence-corrected chi connectivity index (χ2v) is 5.62. The Kier molecular flexibility index (Phi) is 6.09. The molecule has 0 saturated carbocycles. The van der Waals surface area contributed by atoms with E-state index in [9.17, 15) is 0 Å². The van der Waals surface area contributed by atoms with E-state index >= 15 is 0 Å². The maximum atomic E-state index is 5.88. The predicted octanol–water partition coefficient (Wildman–Crippen LogP) is 4.63. The molecule has 0 spiro atoms. The molecule has 0 aliphatic rings. The lowest BCUT2D eigenvalue weighted by molar-refractivity contribution is 0.413. The van der Waals surface area contributed by atoms with Crippen LogP contribution in [0.2, 0.25) is 5.02 Å². The summed E-state index contributed by atoms with van der Waals surface area (Å²) in [5, 5.41) is 4.35. The van der Waals surface area contributed by atoms with Crippen molar-refractivity contribution in [2.24, 2.45) is 0 Å². The summed E-state index contributed by atoms with van der Waals surface area (Å²) in [6, 6.07) is 16.6. The lowest BCUT2D eigenvalue weighted by Crippen LogP contribution is -2.20. The quantitative estimate of drug-likeness (QED) is 0.753. The molecule has 1 atom stereocenters. The fourth-order valence-corrected chi connectivity index (χ4v) is 2.42. The van der Waals surface area contributed by atoms with Crippen molar-refractivity contribution in [1.29, 1.82) is 0 Å². The zero-order chi connectivity index (χ0) is 15.1. The third kappa shape index (κ3) is 5.07. The first-order valence-electron chi connectivity index (χ1n) is 7.31. The van der Waals surface area contributed by atoms with Crippen LogP contribution in [0.1, 0.15) is 30.5 Å². The summed E-state index contributed by atoms with van der Waals surface area (Å²) in [7, 11) is 1.70. The molecule has 0 aliphatic heterocycles. The molecule has 0 aromatic heterocycles. The van der Waals surface area contributed by atoms with E-state index < -0.39 is 0 Å². The monoisotopic (exact) mass is 303 g/mol. The number of nitrogens with one attached hydrogen (secondary N) is 1. The third-order valence-electron chi connectivity index (χ3n) is 3.60. The Morgan fingerprint density at radius 3 is 2.62 bits per heavy atom. The molecule has 21 heavy (non-hydrogen) atoms. The fraction of sp³-hybridized carbons (Fsp3) is 0.333. The van der Waals surface area contributed by atoms with E-state index in [0.29, 0.717) is 6.04 Å². The van der Waals surface area contributed by atoms with Gasteiger partial charge in [-0.05, 0) is 61.7 Å². The summed E-state index contributed by atoms with van der Waals surface area (Å²) in [5.74, 6) is 0.905. The van der Waals surface area contributed by atoms with Gasteiger partial charge in [0.05, 0.1) is 7.11 Å². The van der Waals surface area contributed by atoms with Crippen LogP contribution in [0, 0.1) is 0 Å². The Morgan fingerprint density at radius 2 is 1.90 bits per heavy atom. The van der Waals surface area contributed by atoms with Gasteiger partial charge in [-0.25, -0.2) is 0 Å². The van der Waals surface area contributed by atoms with Crippen LogP contribution >= 0.6 is 11.6 Å². The molecule has 0 radical (unpaired) electrons. The van der Waals surface area contributed by atoms with Crippen molar-refractivity contribution in [2.45, 2.75) is 25.8 Å². The van der Waals surface area contributed by atoms with Crippen molar-refractivity contribution in [3.05, 3.63) is 64.7 Å². The highest BCUT2D eigenvalue weighted by molar-refractivity contribution is 6.30. The molecule has 0 aliphatic carbocycles. The lowest BCUT2D eigenvalue weighted by atomic mass is 10.1. The van der Waals surface area contributed by atoms with E-state index in [1.54, 1.807) is 7.11 Å². The minimum absolute atomic E-state index is 0.324. The van der Waals surface area contributed by atoms with Gasteiger partial charge >= 0.3 is 0 Å². The second kappa shape index (κ2) is 8.06. The van der Waals surface area contributed by atoms with E-state index in [1.807, 2.05) is 24.3 Å². The Labute approximate surface area is 132 Å². The highest BCUT2D eigenvalue weighted by Crippen LogP contribution is 2.18. The number of benzene rings is 2. The van der Waals surface area contributed by atoms with E-state index in [2.05, 4.69) is 36.5 Å². The van der Waals surface area contributed by atoms with Crippen molar-refractivity contribution in [3.8, 4) is 5.75 Å². The van der Waals surface area contributed by atoms with Crippen LogP contribution in [0.25, 0.3) is 0 Å². The largest absolute Gasteiger partial charge is 0.497 e. The third-order valence-corrected chi connectivity index (χ3v) is 3.85. The van der Waals surface area contributed by atoms with Crippen molar-refractivity contribution >= 4 is 11.6 Å². The van der Waals surface area contributed by atoms with Gasteiger partial charge in [-0.1, -0.05) is 35.9 Å². The van der Waals surface area contributed by atoms with Gasteiger partial charge in [-0.2, -0.15) is 0 Å². The minimum atomic E-state index is 0.324. The maximum Gasteiger partial charge on any atom is 0.119 e. The van der Waals surface area contributed by atoms with Crippen LogP contribution in [0.15, 0.2) is 48.5 Å². The Balaban J connectivity index is 1.76. The zero-order valence-electron chi connectivity index (χ0n) is 12.6. The van der Waals surface area contributed by atoms with Gasteiger partial charge < -0.3 is 10.1 Å². The molecule has 2 rings (SSSR count). The normalized spacial score (nSPS) is 12.1. The number of hydrogen-bond acceptors (Lipinski definition) is 2. The topological polar surface area (TPSA) is 21.3 Å². The molecule has 2 aromatic carbocycles. The van der Waals surface area contributed by atoms with Gasteiger partial charge in [-0.3, -0.25) is 0 Å². The molecule has 112 valence electrons. The van der Waals surface area contributed by atoms with E-state index in [1.165, 1.54) is 11.1 Å². The molecule has 0 amide bonds. The van der Waals surface area contributed by atoms with Gasteiger partial charge in [-0.15, -0.1) is 0 Å². The average Bonchev–Trinajstić information content (AvgIpc) is 2.53. The average molecular weight is 304 g/mol. The Bertz CT molecular complexity index is 553. The smallest absolute Gasteiger partial charge is 0.119 e. The maximum absolute atomic E-state index is 5.88. The second-order valence-electron chi connectivity index (χ2n) is 5.18. The van der Waals surface area contributed by atoms with Crippen molar-refractivity contribution in [2.75, 3.05) is 13.7 Å². The molecular weight excluding hydrogens is 282 g/mol. The number of halogens is 1. The van der Waals surface area contributed by atoms with Crippen LogP contribution in [-0.2, 0) is 6.42 Å². The number of rotatable bonds is 7.